The lowest BCUT2D eigenvalue weighted by atomic mass is 10.1. The van der Waals surface area contributed by atoms with Crippen LogP contribution >= 0.6 is 0 Å². The fraction of sp³-hybridized carbons (Fsp3) is 0.286. The Kier molecular flexibility index (Phi) is 4.37. The van der Waals surface area contributed by atoms with E-state index in [1.165, 1.54) is 6.33 Å². The maximum Gasteiger partial charge on any atom is 0.225 e. The van der Waals surface area contributed by atoms with E-state index < -0.39 is 0 Å². The predicted octanol–water partition coefficient (Wildman–Crippen LogP) is 0.206. The van der Waals surface area contributed by atoms with Gasteiger partial charge in [0, 0.05) is 0 Å². The summed E-state index contributed by atoms with van der Waals surface area (Å²) < 4.78 is 3.22. The van der Waals surface area contributed by atoms with Crippen molar-refractivity contribution in [3.05, 3.63) is 48.8 Å². The highest BCUT2D eigenvalue weighted by atomic mass is 16.1. The van der Waals surface area contributed by atoms with Gasteiger partial charge in [0.25, 0.3) is 0 Å². The van der Waals surface area contributed by atoms with Crippen LogP contribution < -0.4 is 5.32 Å². The number of para-hydroxylation sites is 1. The fourth-order valence-electron chi connectivity index (χ4n) is 2.12. The Bertz CT molecular complexity index is 752. The summed E-state index contributed by atoms with van der Waals surface area (Å²) in [6.07, 6.45) is 3.03. The number of tetrazole rings is 1. The summed E-state index contributed by atoms with van der Waals surface area (Å²) in [6.45, 7) is 2.55. The molecule has 3 aromatic rings. The minimum Gasteiger partial charge on any atom is -0.348 e. The van der Waals surface area contributed by atoms with E-state index in [-0.39, 0.29) is 18.4 Å². The molecule has 0 aliphatic rings. The normalized spacial score (nSPS) is 12.0. The first-order chi connectivity index (χ1) is 11.2. The first kappa shape index (κ1) is 14.8. The van der Waals surface area contributed by atoms with Crippen LogP contribution in [0.5, 0.6) is 0 Å². The highest BCUT2D eigenvalue weighted by molar-refractivity contribution is 5.78. The molecule has 9 heteroatoms. The minimum atomic E-state index is -0.238. The van der Waals surface area contributed by atoms with E-state index in [1.807, 2.05) is 37.3 Å². The van der Waals surface area contributed by atoms with Crippen LogP contribution in [0.1, 0.15) is 12.7 Å². The number of aromatic nitrogens is 7. The first-order valence-electron chi connectivity index (χ1n) is 7.17. The maximum atomic E-state index is 12.2. The van der Waals surface area contributed by atoms with Crippen molar-refractivity contribution in [3.63, 3.8) is 0 Å². The lowest BCUT2D eigenvalue weighted by Crippen LogP contribution is -2.32. The summed E-state index contributed by atoms with van der Waals surface area (Å²) in [5.41, 5.74) is 0.845. The van der Waals surface area contributed by atoms with Crippen LogP contribution in [0, 0.1) is 5.92 Å². The molecule has 2 heterocycles. The van der Waals surface area contributed by atoms with Gasteiger partial charge < -0.3 is 5.32 Å². The number of hydrogen-bond acceptors (Lipinski definition) is 6. The molecule has 0 unspecified atom stereocenters. The van der Waals surface area contributed by atoms with Gasteiger partial charge in [0.05, 0.1) is 24.7 Å². The van der Waals surface area contributed by atoms with Crippen molar-refractivity contribution in [2.75, 3.05) is 0 Å². The molecule has 0 spiro atoms. The first-order valence-corrected chi connectivity index (χ1v) is 7.17. The highest BCUT2D eigenvalue weighted by Crippen LogP contribution is 2.07. The molecule has 2 aromatic heterocycles. The largest absolute Gasteiger partial charge is 0.348 e. The van der Waals surface area contributed by atoms with Crippen molar-refractivity contribution in [3.8, 4) is 5.69 Å². The summed E-state index contributed by atoms with van der Waals surface area (Å²) in [4.78, 5) is 16.0. The van der Waals surface area contributed by atoms with Crippen LogP contribution in [0.4, 0.5) is 0 Å². The third-order valence-electron chi connectivity index (χ3n) is 3.33. The maximum absolute atomic E-state index is 12.2. The number of benzene rings is 1. The van der Waals surface area contributed by atoms with Gasteiger partial charge in [-0.3, -0.25) is 9.48 Å². The predicted molar refractivity (Wildman–Crippen MR) is 80.2 cm³/mol. The molecule has 0 aliphatic carbocycles. The average molecular weight is 312 g/mol. The number of rotatable bonds is 6. The van der Waals surface area contributed by atoms with Gasteiger partial charge in [-0.25, -0.2) is 4.98 Å². The van der Waals surface area contributed by atoms with Crippen molar-refractivity contribution in [1.29, 1.82) is 0 Å². The lowest BCUT2D eigenvalue weighted by molar-refractivity contribution is -0.125. The summed E-state index contributed by atoms with van der Waals surface area (Å²) in [6, 6.07) is 9.52. The lowest BCUT2D eigenvalue weighted by Gasteiger charge is -2.11. The van der Waals surface area contributed by atoms with E-state index in [1.54, 1.807) is 15.7 Å². The van der Waals surface area contributed by atoms with Gasteiger partial charge in [0.1, 0.15) is 12.7 Å². The second-order valence-electron chi connectivity index (χ2n) is 5.08. The number of amides is 1. The molecule has 0 bridgehead atoms. The molecule has 0 saturated carbocycles. The van der Waals surface area contributed by atoms with Gasteiger partial charge in [0.15, 0.2) is 5.82 Å². The Morgan fingerprint density at radius 2 is 2.13 bits per heavy atom. The minimum absolute atomic E-state index is 0.0943. The van der Waals surface area contributed by atoms with Gasteiger partial charge in [0.2, 0.25) is 5.91 Å². The number of nitrogens with zero attached hydrogens (tertiary/aromatic N) is 7. The molecule has 3 rings (SSSR count). The molecule has 0 aliphatic heterocycles. The van der Waals surface area contributed by atoms with Crippen LogP contribution in [-0.2, 0) is 17.9 Å². The number of carbonyl (C=O) groups excluding carboxylic acids is 1. The second kappa shape index (κ2) is 6.77. The molecule has 1 aromatic carbocycles. The van der Waals surface area contributed by atoms with E-state index >= 15 is 0 Å². The summed E-state index contributed by atoms with van der Waals surface area (Å²) in [5.74, 6) is 0.235. The zero-order chi connectivity index (χ0) is 16.1. The standard InChI is InChI=1S/C14H16N8O/c1-11(8-21-10-15-9-17-21)14(23)16-7-13-18-19-20-22(13)12-5-3-2-4-6-12/h2-6,9-11H,7-8H2,1H3,(H,16,23)/t11-/m1/s1. The quantitative estimate of drug-likeness (QED) is 0.697. The molecule has 118 valence electrons. The second-order valence-corrected chi connectivity index (χ2v) is 5.08. The highest BCUT2D eigenvalue weighted by Gasteiger charge is 2.15. The third kappa shape index (κ3) is 3.57. The van der Waals surface area contributed by atoms with Crippen LogP contribution in [0.25, 0.3) is 5.69 Å². The molecular weight excluding hydrogens is 296 g/mol. The number of nitrogens with one attached hydrogen (secondary N) is 1. The van der Waals surface area contributed by atoms with E-state index in [4.69, 9.17) is 0 Å². The summed E-state index contributed by atoms with van der Waals surface area (Å²) in [5, 5.41) is 18.4. The van der Waals surface area contributed by atoms with Gasteiger partial charge in [-0.15, -0.1) is 5.10 Å². The van der Waals surface area contributed by atoms with Gasteiger partial charge in [-0.2, -0.15) is 9.78 Å². The van der Waals surface area contributed by atoms with Crippen molar-refractivity contribution < 1.29 is 4.79 Å². The van der Waals surface area contributed by atoms with Crippen molar-refractivity contribution in [2.24, 2.45) is 5.92 Å². The fourth-order valence-corrected chi connectivity index (χ4v) is 2.12. The average Bonchev–Trinajstić information content (AvgIpc) is 3.24. The van der Waals surface area contributed by atoms with E-state index in [0.717, 1.165) is 5.69 Å². The molecular formula is C14H16N8O. The van der Waals surface area contributed by atoms with Crippen molar-refractivity contribution in [1.82, 2.24) is 40.3 Å². The van der Waals surface area contributed by atoms with E-state index in [2.05, 4.69) is 30.9 Å². The molecule has 23 heavy (non-hydrogen) atoms. The Labute approximate surface area is 132 Å². The van der Waals surface area contributed by atoms with Crippen molar-refractivity contribution in [2.45, 2.75) is 20.0 Å². The van der Waals surface area contributed by atoms with E-state index in [0.29, 0.717) is 12.4 Å². The SMILES string of the molecule is C[C@H](Cn1cncn1)C(=O)NCc1nnnn1-c1ccccc1. The molecule has 0 fully saturated rings. The summed E-state index contributed by atoms with van der Waals surface area (Å²) in [7, 11) is 0. The van der Waals surface area contributed by atoms with Crippen LogP contribution in [0.2, 0.25) is 0 Å². The molecule has 9 nitrogen and oxygen atoms in total. The third-order valence-corrected chi connectivity index (χ3v) is 3.33. The van der Waals surface area contributed by atoms with Crippen molar-refractivity contribution >= 4 is 5.91 Å². The van der Waals surface area contributed by atoms with Gasteiger partial charge in [-0.05, 0) is 22.6 Å². The molecule has 0 radical (unpaired) electrons. The van der Waals surface area contributed by atoms with Crippen LogP contribution in [0.3, 0.4) is 0 Å². The van der Waals surface area contributed by atoms with Crippen LogP contribution in [-0.4, -0.2) is 40.9 Å². The number of hydrogen-bond donors (Lipinski definition) is 1. The zero-order valence-electron chi connectivity index (χ0n) is 12.6. The zero-order valence-corrected chi connectivity index (χ0v) is 12.6. The Morgan fingerprint density at radius 3 is 2.87 bits per heavy atom. The Morgan fingerprint density at radius 1 is 1.30 bits per heavy atom. The van der Waals surface area contributed by atoms with Crippen LogP contribution in [0.15, 0.2) is 43.0 Å². The molecule has 1 N–H and O–H groups in total. The van der Waals surface area contributed by atoms with Gasteiger partial charge in [-0.1, -0.05) is 25.1 Å². The summed E-state index contributed by atoms with van der Waals surface area (Å²) >= 11 is 0. The Balaban J connectivity index is 1.60. The smallest absolute Gasteiger partial charge is 0.225 e. The molecule has 1 atom stereocenters. The van der Waals surface area contributed by atoms with Gasteiger partial charge >= 0.3 is 0 Å². The monoisotopic (exact) mass is 312 g/mol. The Hall–Kier alpha value is -3.10. The number of carbonyl (C=O) groups is 1. The molecule has 0 saturated heterocycles. The molecule has 1 amide bonds. The van der Waals surface area contributed by atoms with E-state index in [9.17, 15) is 4.79 Å². The topological polar surface area (TPSA) is 103 Å².